The number of aryl methyl sites for hydroxylation is 1. The van der Waals surface area contributed by atoms with Crippen LogP contribution >= 0.6 is 0 Å². The van der Waals surface area contributed by atoms with Gasteiger partial charge in [0, 0.05) is 26.6 Å². The minimum Gasteiger partial charge on any atom is -0.396 e. The third-order valence-corrected chi connectivity index (χ3v) is 4.54. The molecule has 1 amide bonds. The molecule has 0 spiro atoms. The number of imidazole rings is 1. The van der Waals surface area contributed by atoms with Crippen LogP contribution in [0.1, 0.15) is 24.4 Å². The Hall–Kier alpha value is -2.66. The average Bonchev–Trinajstić information content (AvgIpc) is 3.07. The monoisotopic (exact) mass is 337 g/mol. The lowest BCUT2D eigenvalue weighted by Gasteiger charge is -2.28. The Morgan fingerprint density at radius 1 is 1.16 bits per heavy atom. The molecule has 0 aliphatic carbocycles. The Kier molecular flexibility index (Phi) is 5.46. The quantitative estimate of drug-likeness (QED) is 0.721. The van der Waals surface area contributed by atoms with Crippen LogP contribution in [0, 0.1) is 0 Å². The van der Waals surface area contributed by atoms with Crippen LogP contribution in [-0.2, 0) is 11.3 Å². The third-order valence-electron chi connectivity index (χ3n) is 4.54. The summed E-state index contributed by atoms with van der Waals surface area (Å²) in [5.41, 5.74) is 3.01. The molecule has 5 nitrogen and oxygen atoms in total. The Labute approximate surface area is 147 Å². The van der Waals surface area contributed by atoms with Crippen LogP contribution in [0.15, 0.2) is 60.9 Å². The van der Waals surface area contributed by atoms with Crippen molar-refractivity contribution < 1.29 is 9.90 Å². The van der Waals surface area contributed by atoms with Crippen LogP contribution in [0.5, 0.6) is 0 Å². The van der Waals surface area contributed by atoms with E-state index in [1.54, 1.807) is 11.2 Å². The molecule has 130 valence electrons. The van der Waals surface area contributed by atoms with Gasteiger partial charge in [-0.3, -0.25) is 4.79 Å². The lowest BCUT2D eigenvalue weighted by atomic mass is 10.0. The summed E-state index contributed by atoms with van der Waals surface area (Å²) < 4.78 is 2.00. The minimum atomic E-state index is -0.113. The van der Waals surface area contributed by atoms with E-state index in [1.807, 2.05) is 66.2 Å². The molecule has 0 saturated carbocycles. The Morgan fingerprint density at radius 3 is 2.64 bits per heavy atom. The highest BCUT2D eigenvalue weighted by Crippen LogP contribution is 2.23. The summed E-state index contributed by atoms with van der Waals surface area (Å²) in [5, 5.41) is 9.38. The summed E-state index contributed by atoms with van der Waals surface area (Å²) in [4.78, 5) is 18.8. The zero-order valence-corrected chi connectivity index (χ0v) is 14.4. The van der Waals surface area contributed by atoms with Crippen LogP contribution < -0.4 is 0 Å². The first-order valence-electron chi connectivity index (χ1n) is 8.52. The molecule has 0 radical (unpaired) electrons. The molecule has 0 bridgehead atoms. The maximum Gasteiger partial charge on any atom is 0.224 e. The number of para-hydroxylation sites is 2. The topological polar surface area (TPSA) is 58.4 Å². The number of aliphatic hydroxyl groups excluding tert-OH is 1. The van der Waals surface area contributed by atoms with Crippen LogP contribution in [-0.4, -0.2) is 39.1 Å². The molecule has 3 aromatic rings. The Balaban J connectivity index is 1.69. The third kappa shape index (κ3) is 3.88. The number of carbonyl (C=O) groups is 1. The van der Waals surface area contributed by atoms with E-state index in [9.17, 15) is 9.90 Å². The molecule has 1 unspecified atom stereocenters. The molecular weight excluding hydrogens is 314 g/mol. The van der Waals surface area contributed by atoms with Gasteiger partial charge in [0.1, 0.15) is 0 Å². The van der Waals surface area contributed by atoms with E-state index in [0.717, 1.165) is 16.6 Å². The maximum atomic E-state index is 12.7. The first-order chi connectivity index (χ1) is 12.2. The van der Waals surface area contributed by atoms with Gasteiger partial charge in [0.05, 0.1) is 23.4 Å². The van der Waals surface area contributed by atoms with Crippen molar-refractivity contribution >= 4 is 16.9 Å². The number of aromatic nitrogens is 2. The van der Waals surface area contributed by atoms with Crippen molar-refractivity contribution in [2.45, 2.75) is 25.4 Å². The lowest BCUT2D eigenvalue weighted by Crippen LogP contribution is -2.32. The van der Waals surface area contributed by atoms with E-state index in [0.29, 0.717) is 19.4 Å². The molecule has 0 aliphatic heterocycles. The van der Waals surface area contributed by atoms with Crippen molar-refractivity contribution in [1.29, 1.82) is 0 Å². The fourth-order valence-corrected chi connectivity index (χ4v) is 3.14. The summed E-state index contributed by atoms with van der Waals surface area (Å²) in [7, 11) is 1.81. The van der Waals surface area contributed by atoms with Gasteiger partial charge < -0.3 is 14.6 Å². The smallest absolute Gasteiger partial charge is 0.224 e. The number of aliphatic hydroxyl groups is 1. The van der Waals surface area contributed by atoms with E-state index in [4.69, 9.17) is 0 Å². The summed E-state index contributed by atoms with van der Waals surface area (Å²) in [6.45, 7) is 0.633. The van der Waals surface area contributed by atoms with Gasteiger partial charge in [0.25, 0.3) is 0 Å². The van der Waals surface area contributed by atoms with Gasteiger partial charge in [-0.15, -0.1) is 0 Å². The summed E-state index contributed by atoms with van der Waals surface area (Å²) in [6, 6.07) is 17.6. The first kappa shape index (κ1) is 17.2. The number of rotatable bonds is 7. The molecule has 0 aliphatic rings. The van der Waals surface area contributed by atoms with Crippen molar-refractivity contribution in [2.75, 3.05) is 13.7 Å². The average molecular weight is 337 g/mol. The molecule has 25 heavy (non-hydrogen) atoms. The summed E-state index contributed by atoms with van der Waals surface area (Å²) in [5.74, 6) is 0.0556. The van der Waals surface area contributed by atoms with E-state index in [2.05, 4.69) is 4.98 Å². The van der Waals surface area contributed by atoms with Gasteiger partial charge in [-0.25, -0.2) is 4.98 Å². The molecule has 5 heteroatoms. The van der Waals surface area contributed by atoms with E-state index < -0.39 is 0 Å². The highest BCUT2D eigenvalue weighted by atomic mass is 16.3. The summed E-state index contributed by atoms with van der Waals surface area (Å²) >= 11 is 0. The fraction of sp³-hybridized carbons (Fsp3) is 0.300. The number of carbonyl (C=O) groups excluding carboxylic acids is 1. The van der Waals surface area contributed by atoms with Crippen molar-refractivity contribution in [3.05, 3.63) is 66.5 Å². The second kappa shape index (κ2) is 7.94. The SMILES string of the molecule is CN(C(=O)CCn1cnc2ccccc21)C(CCO)c1ccccc1. The second-order valence-corrected chi connectivity index (χ2v) is 6.12. The van der Waals surface area contributed by atoms with E-state index in [1.165, 1.54) is 0 Å². The van der Waals surface area contributed by atoms with Gasteiger partial charge >= 0.3 is 0 Å². The van der Waals surface area contributed by atoms with Crippen LogP contribution in [0.3, 0.4) is 0 Å². The number of fused-ring (bicyclic) bond motifs is 1. The van der Waals surface area contributed by atoms with Crippen LogP contribution in [0.2, 0.25) is 0 Å². The zero-order valence-electron chi connectivity index (χ0n) is 14.4. The zero-order chi connectivity index (χ0) is 17.6. The largest absolute Gasteiger partial charge is 0.396 e. The highest BCUT2D eigenvalue weighted by Gasteiger charge is 2.21. The van der Waals surface area contributed by atoms with E-state index in [-0.39, 0.29) is 18.6 Å². The standard InChI is InChI=1S/C20H23N3O2/c1-22(18(12-14-24)16-7-3-2-4-8-16)20(25)11-13-23-15-21-17-9-5-6-10-19(17)23/h2-10,15,18,24H,11-14H2,1H3. The number of amides is 1. The maximum absolute atomic E-state index is 12.7. The van der Waals surface area contributed by atoms with Crippen molar-refractivity contribution in [3.63, 3.8) is 0 Å². The molecule has 3 rings (SSSR count). The number of benzene rings is 2. The van der Waals surface area contributed by atoms with E-state index >= 15 is 0 Å². The highest BCUT2D eigenvalue weighted by molar-refractivity contribution is 5.77. The lowest BCUT2D eigenvalue weighted by molar-refractivity contribution is -0.132. The fourth-order valence-electron chi connectivity index (χ4n) is 3.14. The first-order valence-corrected chi connectivity index (χ1v) is 8.52. The van der Waals surface area contributed by atoms with Crippen LogP contribution in [0.4, 0.5) is 0 Å². The number of nitrogens with zero attached hydrogens (tertiary/aromatic N) is 3. The summed E-state index contributed by atoms with van der Waals surface area (Å²) in [6.07, 6.45) is 2.70. The van der Waals surface area contributed by atoms with Crippen LogP contribution in [0.25, 0.3) is 11.0 Å². The van der Waals surface area contributed by atoms with Gasteiger partial charge in [-0.05, 0) is 24.1 Å². The van der Waals surface area contributed by atoms with Gasteiger partial charge in [0.15, 0.2) is 0 Å². The molecule has 1 N–H and O–H groups in total. The van der Waals surface area contributed by atoms with Crippen molar-refractivity contribution in [3.8, 4) is 0 Å². The molecule has 2 aromatic carbocycles. The minimum absolute atomic E-state index is 0.0450. The molecule has 1 heterocycles. The molecular formula is C20H23N3O2. The molecule has 0 saturated heterocycles. The van der Waals surface area contributed by atoms with Crippen molar-refractivity contribution in [1.82, 2.24) is 14.5 Å². The Morgan fingerprint density at radius 2 is 1.88 bits per heavy atom. The van der Waals surface area contributed by atoms with Gasteiger partial charge in [-0.2, -0.15) is 0 Å². The van der Waals surface area contributed by atoms with Gasteiger partial charge in [-0.1, -0.05) is 42.5 Å². The van der Waals surface area contributed by atoms with Crippen molar-refractivity contribution in [2.24, 2.45) is 0 Å². The molecule has 0 fully saturated rings. The Bertz CT molecular complexity index is 829. The molecule has 1 atom stereocenters. The van der Waals surface area contributed by atoms with Gasteiger partial charge in [0.2, 0.25) is 5.91 Å². The predicted octanol–water partition coefficient (Wildman–Crippen LogP) is 3.01. The predicted molar refractivity (Wildman–Crippen MR) is 98.0 cm³/mol. The normalized spacial score (nSPS) is 12.2. The number of hydrogen-bond acceptors (Lipinski definition) is 3. The second-order valence-electron chi connectivity index (χ2n) is 6.12. The number of hydrogen-bond donors (Lipinski definition) is 1. The molecule has 1 aromatic heterocycles.